The molecule has 0 fully saturated rings. The molecule has 0 saturated heterocycles. The number of halogens is 1. The van der Waals surface area contributed by atoms with Crippen LogP contribution in [0, 0.1) is 5.82 Å². The van der Waals surface area contributed by atoms with Crippen LogP contribution in [-0.4, -0.2) is 18.0 Å². The Bertz CT molecular complexity index is 1150. The van der Waals surface area contributed by atoms with Gasteiger partial charge >= 0.3 is 0 Å². The third kappa shape index (κ3) is 3.50. The molecule has 1 aliphatic rings. The maximum Gasteiger partial charge on any atom is 0.237 e. The number of benzene rings is 2. The molecule has 1 heterocycles. The molecule has 1 atom stereocenters. The van der Waals surface area contributed by atoms with Crippen molar-refractivity contribution in [3.05, 3.63) is 94.2 Å². The summed E-state index contributed by atoms with van der Waals surface area (Å²) in [7, 11) is -2.09. The molecule has 1 aromatic heterocycles. The molecule has 7 heteroatoms. The van der Waals surface area contributed by atoms with E-state index in [4.69, 9.17) is 0 Å². The number of nitrogens with one attached hydrogen (secondary N) is 1. The molecule has 4 rings (SSSR count). The van der Waals surface area contributed by atoms with Gasteiger partial charge < -0.3 is 4.57 Å². The second kappa shape index (κ2) is 7.33. The molecule has 0 spiro atoms. The molecule has 1 unspecified atom stereocenters. The van der Waals surface area contributed by atoms with Crippen molar-refractivity contribution >= 4 is 16.1 Å². The van der Waals surface area contributed by atoms with Crippen molar-refractivity contribution in [1.29, 1.82) is 0 Å². The van der Waals surface area contributed by atoms with Crippen LogP contribution in [0.25, 0.3) is 6.08 Å². The number of hydrogen-bond donors (Lipinski definition) is 1. The van der Waals surface area contributed by atoms with Gasteiger partial charge in [-0.15, -0.1) is 0 Å². The predicted octanol–water partition coefficient (Wildman–Crippen LogP) is 3.56. The standard InChI is InChI=1S/C21H20FN3O2S/c1-25-13-12-23-21(25)20(18-8-4-5-9-19(18)22)24-28(26,27)17-11-10-15-6-2-3-7-16(15)14-17/h2-9,12-14,20,24H,10-11H2,1H3. The summed E-state index contributed by atoms with van der Waals surface area (Å²) in [5.74, 6) is -0.0633. The lowest BCUT2D eigenvalue weighted by Gasteiger charge is -2.22. The Kier molecular flexibility index (Phi) is 4.87. The highest BCUT2D eigenvalue weighted by molar-refractivity contribution is 7.93. The van der Waals surface area contributed by atoms with Gasteiger partial charge in [0, 0.05) is 25.0 Å². The van der Waals surface area contributed by atoms with Gasteiger partial charge in [-0.25, -0.2) is 17.8 Å². The quantitative estimate of drug-likeness (QED) is 0.716. The van der Waals surface area contributed by atoms with E-state index in [9.17, 15) is 12.8 Å². The lowest BCUT2D eigenvalue weighted by atomic mass is 9.98. The minimum Gasteiger partial charge on any atom is -0.336 e. The van der Waals surface area contributed by atoms with Crippen molar-refractivity contribution in [2.24, 2.45) is 7.05 Å². The van der Waals surface area contributed by atoms with Crippen LogP contribution in [-0.2, 0) is 23.5 Å². The summed E-state index contributed by atoms with van der Waals surface area (Å²) in [5.41, 5.74) is 2.25. The van der Waals surface area contributed by atoms with E-state index in [0.717, 1.165) is 11.1 Å². The fourth-order valence-electron chi connectivity index (χ4n) is 3.47. The lowest BCUT2D eigenvalue weighted by Crippen LogP contribution is -2.33. The molecule has 3 aromatic rings. The van der Waals surface area contributed by atoms with Crippen molar-refractivity contribution < 1.29 is 12.8 Å². The first-order valence-electron chi connectivity index (χ1n) is 8.98. The highest BCUT2D eigenvalue weighted by Crippen LogP contribution is 2.30. The average Bonchev–Trinajstić information content (AvgIpc) is 3.12. The van der Waals surface area contributed by atoms with Crippen LogP contribution in [0.1, 0.15) is 35.0 Å². The Hall–Kier alpha value is -2.77. The number of imidazole rings is 1. The molecule has 1 N–H and O–H groups in total. The summed E-state index contributed by atoms with van der Waals surface area (Å²) in [5, 5.41) is 0. The number of aryl methyl sites for hydroxylation is 2. The zero-order chi connectivity index (χ0) is 19.7. The van der Waals surface area contributed by atoms with Crippen molar-refractivity contribution in [2.45, 2.75) is 18.9 Å². The van der Waals surface area contributed by atoms with Crippen LogP contribution in [0.3, 0.4) is 0 Å². The van der Waals surface area contributed by atoms with Crippen molar-refractivity contribution in [3.8, 4) is 0 Å². The molecule has 28 heavy (non-hydrogen) atoms. The van der Waals surface area contributed by atoms with Crippen LogP contribution in [0.4, 0.5) is 4.39 Å². The smallest absolute Gasteiger partial charge is 0.237 e. The van der Waals surface area contributed by atoms with Crippen molar-refractivity contribution in [3.63, 3.8) is 0 Å². The minimum atomic E-state index is -3.84. The van der Waals surface area contributed by atoms with E-state index < -0.39 is 21.9 Å². The number of aromatic nitrogens is 2. The number of rotatable bonds is 5. The molecule has 0 aliphatic heterocycles. The van der Waals surface area contributed by atoms with Gasteiger partial charge in [-0.3, -0.25) is 0 Å². The summed E-state index contributed by atoms with van der Waals surface area (Å²) in [4.78, 5) is 4.54. The molecule has 5 nitrogen and oxygen atoms in total. The van der Waals surface area contributed by atoms with Crippen LogP contribution in [0.2, 0.25) is 0 Å². The van der Waals surface area contributed by atoms with E-state index >= 15 is 0 Å². The van der Waals surface area contributed by atoms with E-state index in [1.165, 1.54) is 6.07 Å². The summed E-state index contributed by atoms with van der Waals surface area (Å²) < 4.78 is 45.2. The highest BCUT2D eigenvalue weighted by atomic mass is 32.2. The molecule has 0 radical (unpaired) electrons. The molecule has 1 aliphatic carbocycles. The fourth-order valence-corrected chi connectivity index (χ4v) is 4.82. The molecule has 0 amide bonds. The van der Waals surface area contributed by atoms with Gasteiger partial charge in [0.15, 0.2) is 0 Å². The summed E-state index contributed by atoms with van der Waals surface area (Å²) >= 11 is 0. The van der Waals surface area contributed by atoms with Gasteiger partial charge in [0.05, 0.1) is 4.91 Å². The Morgan fingerprint density at radius 1 is 1.11 bits per heavy atom. The number of allylic oxidation sites excluding steroid dienone is 1. The molecule has 0 bridgehead atoms. The van der Waals surface area contributed by atoms with E-state index in [1.54, 1.807) is 48.3 Å². The maximum absolute atomic E-state index is 14.5. The van der Waals surface area contributed by atoms with Gasteiger partial charge in [0.1, 0.15) is 17.7 Å². The van der Waals surface area contributed by atoms with E-state index in [0.29, 0.717) is 23.6 Å². The van der Waals surface area contributed by atoms with Gasteiger partial charge in [-0.05, 0) is 36.1 Å². The Balaban J connectivity index is 1.74. The Morgan fingerprint density at radius 3 is 2.61 bits per heavy atom. The highest BCUT2D eigenvalue weighted by Gasteiger charge is 2.29. The Morgan fingerprint density at radius 2 is 1.86 bits per heavy atom. The van der Waals surface area contributed by atoms with E-state index in [-0.39, 0.29) is 5.56 Å². The first kappa shape index (κ1) is 18.6. The zero-order valence-corrected chi connectivity index (χ0v) is 16.2. The van der Waals surface area contributed by atoms with E-state index in [1.807, 2.05) is 24.3 Å². The van der Waals surface area contributed by atoms with Crippen LogP contribution < -0.4 is 4.72 Å². The molecular weight excluding hydrogens is 377 g/mol. The van der Waals surface area contributed by atoms with Crippen molar-refractivity contribution in [1.82, 2.24) is 14.3 Å². The first-order valence-corrected chi connectivity index (χ1v) is 10.5. The van der Waals surface area contributed by atoms with E-state index in [2.05, 4.69) is 9.71 Å². The minimum absolute atomic E-state index is 0.234. The SMILES string of the molecule is Cn1ccnc1C(NS(=O)(=O)C1=Cc2ccccc2CC1)c1ccccc1F. The zero-order valence-electron chi connectivity index (χ0n) is 15.3. The molecule has 0 saturated carbocycles. The van der Waals surface area contributed by atoms with Crippen LogP contribution >= 0.6 is 0 Å². The van der Waals surface area contributed by atoms with Crippen LogP contribution in [0.5, 0.6) is 0 Å². The number of nitrogens with zero attached hydrogens (tertiary/aromatic N) is 2. The average molecular weight is 397 g/mol. The summed E-state index contributed by atoms with van der Waals surface area (Å²) in [6.45, 7) is 0. The normalized spacial score (nSPS) is 15.0. The predicted molar refractivity (Wildman–Crippen MR) is 106 cm³/mol. The van der Waals surface area contributed by atoms with Crippen molar-refractivity contribution in [2.75, 3.05) is 0 Å². The second-order valence-corrected chi connectivity index (χ2v) is 8.55. The fraction of sp³-hybridized carbons (Fsp3) is 0.190. The van der Waals surface area contributed by atoms with Gasteiger partial charge in [0.25, 0.3) is 0 Å². The monoisotopic (exact) mass is 397 g/mol. The summed E-state index contributed by atoms with van der Waals surface area (Å²) in [6.07, 6.45) is 6.01. The number of sulfonamides is 1. The number of fused-ring (bicyclic) bond motifs is 1. The Labute approximate surface area is 163 Å². The van der Waals surface area contributed by atoms with Gasteiger partial charge in [-0.1, -0.05) is 42.5 Å². The topological polar surface area (TPSA) is 64.0 Å². The molecular formula is C21H20FN3O2S. The lowest BCUT2D eigenvalue weighted by molar-refractivity contribution is 0.547. The number of hydrogen-bond acceptors (Lipinski definition) is 3. The summed E-state index contributed by atoms with van der Waals surface area (Å²) in [6, 6.07) is 12.9. The third-order valence-electron chi connectivity index (χ3n) is 4.96. The van der Waals surface area contributed by atoms with Crippen LogP contribution in [0.15, 0.2) is 65.8 Å². The third-order valence-corrected chi connectivity index (χ3v) is 6.52. The largest absolute Gasteiger partial charge is 0.336 e. The molecule has 2 aromatic carbocycles. The van der Waals surface area contributed by atoms with Gasteiger partial charge in [0.2, 0.25) is 10.0 Å². The second-order valence-electron chi connectivity index (χ2n) is 6.78. The maximum atomic E-state index is 14.5. The molecule has 144 valence electrons. The van der Waals surface area contributed by atoms with Gasteiger partial charge in [-0.2, -0.15) is 4.72 Å². The first-order chi connectivity index (χ1) is 13.5.